The van der Waals surface area contributed by atoms with Gasteiger partial charge >= 0.3 is 6.18 Å². The topological polar surface area (TPSA) is 47.3 Å². The van der Waals surface area contributed by atoms with Crippen LogP contribution in [0.3, 0.4) is 0 Å². The number of nitrogen functional groups attached to an aromatic ring is 1. The number of halogens is 3. The van der Waals surface area contributed by atoms with Crippen molar-refractivity contribution in [3.05, 3.63) is 18.2 Å². The fourth-order valence-electron chi connectivity index (χ4n) is 1.39. The summed E-state index contributed by atoms with van der Waals surface area (Å²) in [5.41, 5.74) is 6.75. The monoisotopic (exact) mass is 248 g/mol. The summed E-state index contributed by atoms with van der Waals surface area (Å²) in [6, 6.07) is 5.11. The molecule has 0 saturated carbocycles. The van der Waals surface area contributed by atoms with Crippen LogP contribution >= 0.6 is 0 Å². The first-order valence-corrected chi connectivity index (χ1v) is 5.17. The van der Waals surface area contributed by atoms with Crippen LogP contribution in [0.2, 0.25) is 0 Å². The van der Waals surface area contributed by atoms with E-state index in [2.05, 4.69) is 5.32 Å². The van der Waals surface area contributed by atoms with E-state index in [1.165, 1.54) is 7.11 Å². The molecule has 0 aliphatic carbocycles. The summed E-state index contributed by atoms with van der Waals surface area (Å²) in [4.78, 5) is 0. The molecule has 6 heteroatoms. The highest BCUT2D eigenvalue weighted by Crippen LogP contribution is 2.29. The molecule has 0 aliphatic heterocycles. The Bertz CT molecular complexity index is 366. The molecule has 3 nitrogen and oxygen atoms in total. The Hall–Kier alpha value is -1.59. The van der Waals surface area contributed by atoms with E-state index in [0.717, 1.165) is 0 Å². The minimum Gasteiger partial charge on any atom is -0.495 e. The zero-order chi connectivity index (χ0) is 12.9. The molecular weight excluding hydrogens is 233 g/mol. The molecule has 0 aliphatic rings. The molecule has 0 heterocycles. The normalized spacial score (nSPS) is 11.3. The Morgan fingerprint density at radius 2 is 2.06 bits per heavy atom. The molecular formula is C11H15F3N2O. The van der Waals surface area contributed by atoms with E-state index >= 15 is 0 Å². The van der Waals surface area contributed by atoms with E-state index in [0.29, 0.717) is 17.1 Å². The van der Waals surface area contributed by atoms with Crippen LogP contribution in [-0.2, 0) is 0 Å². The molecule has 17 heavy (non-hydrogen) atoms. The molecule has 0 bridgehead atoms. The molecule has 1 aromatic rings. The zero-order valence-electron chi connectivity index (χ0n) is 9.47. The van der Waals surface area contributed by atoms with Crippen molar-refractivity contribution in [1.82, 2.24) is 0 Å². The number of hydrogen-bond acceptors (Lipinski definition) is 3. The van der Waals surface area contributed by atoms with Gasteiger partial charge in [-0.05, 0) is 18.6 Å². The second-order valence-electron chi connectivity index (χ2n) is 3.57. The molecule has 0 amide bonds. The number of nitrogens with one attached hydrogen (secondary N) is 1. The number of hydrogen-bond donors (Lipinski definition) is 2. The van der Waals surface area contributed by atoms with Gasteiger partial charge in [0.05, 0.1) is 18.5 Å². The van der Waals surface area contributed by atoms with Gasteiger partial charge < -0.3 is 15.8 Å². The van der Waals surface area contributed by atoms with E-state index in [1.807, 2.05) is 0 Å². The number of rotatable bonds is 5. The van der Waals surface area contributed by atoms with Gasteiger partial charge in [0.2, 0.25) is 0 Å². The molecule has 0 unspecified atom stereocenters. The van der Waals surface area contributed by atoms with Crippen LogP contribution in [-0.4, -0.2) is 19.8 Å². The molecule has 0 radical (unpaired) electrons. The van der Waals surface area contributed by atoms with Crippen LogP contribution in [0.25, 0.3) is 0 Å². The lowest BCUT2D eigenvalue weighted by Crippen LogP contribution is -2.11. The van der Waals surface area contributed by atoms with Gasteiger partial charge in [-0.1, -0.05) is 6.07 Å². The molecule has 1 aromatic carbocycles. The van der Waals surface area contributed by atoms with Gasteiger partial charge in [-0.25, -0.2) is 0 Å². The first kappa shape index (κ1) is 13.5. The van der Waals surface area contributed by atoms with E-state index in [1.54, 1.807) is 18.2 Å². The largest absolute Gasteiger partial charge is 0.495 e. The standard InChI is InChI=1S/C11H15F3N2O/c1-17-9-5-2-4-8(10(9)15)16-7-3-6-11(12,13)14/h2,4-5,16H,3,6-7,15H2,1H3. The lowest BCUT2D eigenvalue weighted by molar-refractivity contribution is -0.134. The summed E-state index contributed by atoms with van der Waals surface area (Å²) in [6.45, 7) is 0.219. The third-order valence-electron chi connectivity index (χ3n) is 2.24. The van der Waals surface area contributed by atoms with Gasteiger partial charge in [0.1, 0.15) is 5.75 Å². The molecule has 3 N–H and O–H groups in total. The Morgan fingerprint density at radius 3 is 2.65 bits per heavy atom. The third-order valence-corrected chi connectivity index (χ3v) is 2.24. The predicted molar refractivity (Wildman–Crippen MR) is 61.2 cm³/mol. The minimum atomic E-state index is -4.11. The van der Waals surface area contributed by atoms with Crippen LogP contribution in [0.15, 0.2) is 18.2 Å². The SMILES string of the molecule is COc1cccc(NCCCC(F)(F)F)c1N. The van der Waals surface area contributed by atoms with Gasteiger partial charge in [-0.3, -0.25) is 0 Å². The Kier molecular flexibility index (Phi) is 4.48. The average molecular weight is 248 g/mol. The summed E-state index contributed by atoms with van der Waals surface area (Å²) in [5.74, 6) is 0.505. The second kappa shape index (κ2) is 5.65. The van der Waals surface area contributed by atoms with Crippen molar-refractivity contribution in [3.63, 3.8) is 0 Å². The summed E-state index contributed by atoms with van der Waals surface area (Å²) in [6.07, 6.45) is -4.90. The molecule has 96 valence electrons. The van der Waals surface area contributed by atoms with E-state index in [9.17, 15) is 13.2 Å². The van der Waals surface area contributed by atoms with Crippen molar-refractivity contribution in [2.75, 3.05) is 24.7 Å². The maximum Gasteiger partial charge on any atom is 0.389 e. The Morgan fingerprint density at radius 1 is 1.35 bits per heavy atom. The molecule has 0 atom stereocenters. The molecule has 0 spiro atoms. The van der Waals surface area contributed by atoms with Crippen molar-refractivity contribution >= 4 is 11.4 Å². The van der Waals surface area contributed by atoms with Crippen LogP contribution in [0.1, 0.15) is 12.8 Å². The number of anilines is 2. The zero-order valence-corrected chi connectivity index (χ0v) is 9.47. The fraction of sp³-hybridized carbons (Fsp3) is 0.455. The van der Waals surface area contributed by atoms with Crippen molar-refractivity contribution in [2.45, 2.75) is 19.0 Å². The highest BCUT2D eigenvalue weighted by atomic mass is 19.4. The number of ether oxygens (including phenoxy) is 1. The smallest absolute Gasteiger partial charge is 0.389 e. The van der Waals surface area contributed by atoms with Crippen molar-refractivity contribution in [3.8, 4) is 5.75 Å². The average Bonchev–Trinajstić information content (AvgIpc) is 2.25. The predicted octanol–water partition coefficient (Wildman–Crippen LogP) is 3.03. The summed E-state index contributed by atoms with van der Waals surface area (Å²) >= 11 is 0. The van der Waals surface area contributed by atoms with Crippen molar-refractivity contribution in [2.24, 2.45) is 0 Å². The van der Waals surface area contributed by atoms with Crippen molar-refractivity contribution in [1.29, 1.82) is 0 Å². The highest BCUT2D eigenvalue weighted by Gasteiger charge is 2.25. The molecule has 1 rings (SSSR count). The molecule has 0 fully saturated rings. The summed E-state index contributed by atoms with van der Waals surface area (Å²) in [5, 5.41) is 2.86. The van der Waals surface area contributed by atoms with Gasteiger partial charge in [0.15, 0.2) is 0 Å². The van der Waals surface area contributed by atoms with Gasteiger partial charge in [-0.2, -0.15) is 13.2 Å². The van der Waals surface area contributed by atoms with E-state index in [4.69, 9.17) is 10.5 Å². The van der Waals surface area contributed by atoms with Gasteiger partial charge in [-0.15, -0.1) is 0 Å². The van der Waals surface area contributed by atoms with Crippen LogP contribution in [0.5, 0.6) is 5.75 Å². The van der Waals surface area contributed by atoms with Crippen molar-refractivity contribution < 1.29 is 17.9 Å². The van der Waals surface area contributed by atoms with E-state index in [-0.39, 0.29) is 13.0 Å². The summed E-state index contributed by atoms with van der Waals surface area (Å²) < 4.78 is 40.7. The van der Waals surface area contributed by atoms with E-state index < -0.39 is 12.6 Å². The van der Waals surface area contributed by atoms with Crippen LogP contribution < -0.4 is 15.8 Å². The Labute approximate surface area is 97.8 Å². The number of benzene rings is 1. The minimum absolute atomic E-state index is 0.0140. The third kappa shape index (κ3) is 4.42. The number of methoxy groups -OCH3 is 1. The maximum absolute atomic E-state index is 11.9. The second-order valence-corrected chi connectivity index (χ2v) is 3.57. The fourth-order valence-corrected chi connectivity index (χ4v) is 1.39. The summed E-state index contributed by atoms with van der Waals surface area (Å²) in [7, 11) is 1.49. The number of alkyl halides is 3. The Balaban J connectivity index is 2.47. The number of para-hydroxylation sites is 1. The van der Waals surface area contributed by atoms with Gasteiger partial charge in [0.25, 0.3) is 0 Å². The highest BCUT2D eigenvalue weighted by molar-refractivity contribution is 5.72. The first-order valence-electron chi connectivity index (χ1n) is 5.17. The van der Waals surface area contributed by atoms with Gasteiger partial charge in [0, 0.05) is 13.0 Å². The molecule has 0 saturated heterocycles. The quantitative estimate of drug-likeness (QED) is 0.622. The number of nitrogens with two attached hydrogens (primary N) is 1. The lowest BCUT2D eigenvalue weighted by Gasteiger charge is -2.12. The van der Waals surface area contributed by atoms with Crippen LogP contribution in [0, 0.1) is 0 Å². The first-order chi connectivity index (χ1) is 7.94. The molecule has 0 aromatic heterocycles. The maximum atomic E-state index is 11.9. The lowest BCUT2D eigenvalue weighted by atomic mass is 10.2. The van der Waals surface area contributed by atoms with Crippen LogP contribution in [0.4, 0.5) is 24.5 Å².